The quantitative estimate of drug-likeness (QED) is 0.781. The molecule has 9 heteroatoms. The third kappa shape index (κ3) is 3.95. The van der Waals surface area contributed by atoms with E-state index in [9.17, 15) is 18.0 Å². The molecule has 0 radical (unpaired) electrons. The molecule has 1 aliphatic rings. The maximum atomic E-state index is 12.5. The number of aromatic carboxylic acids is 1. The Morgan fingerprint density at radius 1 is 1.04 bits per heavy atom. The molecule has 2 N–H and O–H groups in total. The normalized spacial score (nSPS) is 15.1. The fraction of sp³-hybridized carbons (Fsp3) is 0.294. The summed E-state index contributed by atoms with van der Waals surface area (Å²) in [4.78, 5) is 23.6. The van der Waals surface area contributed by atoms with Gasteiger partial charge in [-0.25, -0.2) is 13.2 Å². The summed E-state index contributed by atoms with van der Waals surface area (Å²) in [6, 6.07) is 9.28. The number of nitrogens with one attached hydrogen (secondary N) is 1. The molecule has 3 rings (SSSR count). The number of carbonyl (C=O) groups excluding carboxylic acids is 1. The Bertz CT molecular complexity index is 913. The molecule has 1 aromatic heterocycles. The first-order valence-electron chi connectivity index (χ1n) is 8.08. The molecule has 7 nitrogen and oxygen atoms in total. The van der Waals surface area contributed by atoms with Gasteiger partial charge in [0.2, 0.25) is 10.0 Å². The van der Waals surface area contributed by atoms with Gasteiger partial charge in [-0.1, -0.05) is 12.1 Å². The van der Waals surface area contributed by atoms with Crippen LogP contribution in [0.2, 0.25) is 0 Å². The second-order valence-electron chi connectivity index (χ2n) is 5.91. The van der Waals surface area contributed by atoms with Gasteiger partial charge in [-0.3, -0.25) is 4.79 Å². The van der Waals surface area contributed by atoms with Crippen molar-refractivity contribution in [2.45, 2.75) is 24.3 Å². The molecule has 0 bridgehead atoms. The number of benzene rings is 1. The lowest BCUT2D eigenvalue weighted by Gasteiger charge is -2.15. The van der Waals surface area contributed by atoms with E-state index in [-0.39, 0.29) is 22.2 Å². The van der Waals surface area contributed by atoms with E-state index in [2.05, 4.69) is 5.32 Å². The molecule has 0 unspecified atom stereocenters. The van der Waals surface area contributed by atoms with Crippen molar-refractivity contribution in [1.82, 2.24) is 9.62 Å². The third-order valence-electron chi connectivity index (χ3n) is 4.12. The number of rotatable bonds is 6. The van der Waals surface area contributed by atoms with Crippen molar-refractivity contribution in [3.05, 3.63) is 51.7 Å². The number of hydrogen-bond acceptors (Lipinski definition) is 5. The van der Waals surface area contributed by atoms with E-state index in [0.717, 1.165) is 29.7 Å². The van der Waals surface area contributed by atoms with Crippen LogP contribution in [0.25, 0.3) is 0 Å². The van der Waals surface area contributed by atoms with Crippen molar-refractivity contribution in [2.24, 2.45) is 0 Å². The molecule has 1 saturated heterocycles. The molecular weight excluding hydrogens is 376 g/mol. The van der Waals surface area contributed by atoms with Crippen LogP contribution in [-0.4, -0.2) is 42.8 Å². The van der Waals surface area contributed by atoms with Gasteiger partial charge < -0.3 is 10.4 Å². The van der Waals surface area contributed by atoms with Crippen LogP contribution >= 0.6 is 11.3 Å². The number of carbonyl (C=O) groups is 2. The van der Waals surface area contributed by atoms with Crippen LogP contribution < -0.4 is 5.32 Å². The summed E-state index contributed by atoms with van der Waals surface area (Å²) in [6.45, 7) is 1.34. The summed E-state index contributed by atoms with van der Waals surface area (Å²) in [5.74, 6) is -1.43. The molecule has 138 valence electrons. The van der Waals surface area contributed by atoms with Crippen molar-refractivity contribution in [1.29, 1.82) is 0 Å². The Morgan fingerprint density at radius 2 is 1.65 bits per heavy atom. The minimum absolute atomic E-state index is 0.103. The lowest BCUT2D eigenvalue weighted by atomic mass is 10.2. The summed E-state index contributed by atoms with van der Waals surface area (Å²) in [7, 11) is -3.44. The van der Waals surface area contributed by atoms with Crippen LogP contribution in [0.5, 0.6) is 0 Å². The summed E-state index contributed by atoms with van der Waals surface area (Å²) in [6.07, 6.45) is 1.77. The Balaban J connectivity index is 1.62. The summed E-state index contributed by atoms with van der Waals surface area (Å²) in [5.41, 5.74) is 0.758. The number of carboxylic acid groups (broad SMARTS) is 1. The van der Waals surface area contributed by atoms with Gasteiger partial charge in [0, 0.05) is 19.6 Å². The highest BCUT2D eigenvalue weighted by Gasteiger charge is 2.26. The van der Waals surface area contributed by atoms with E-state index >= 15 is 0 Å². The minimum atomic E-state index is -3.44. The number of carboxylic acids is 1. The van der Waals surface area contributed by atoms with Crippen LogP contribution in [0, 0.1) is 0 Å². The monoisotopic (exact) mass is 394 g/mol. The van der Waals surface area contributed by atoms with Crippen LogP contribution in [0.1, 0.15) is 37.7 Å². The maximum Gasteiger partial charge on any atom is 0.345 e. The first kappa shape index (κ1) is 18.6. The second kappa shape index (κ2) is 7.56. The van der Waals surface area contributed by atoms with E-state index in [0.29, 0.717) is 18.0 Å². The highest BCUT2D eigenvalue weighted by Crippen LogP contribution is 2.21. The summed E-state index contributed by atoms with van der Waals surface area (Å²) >= 11 is 0.908. The van der Waals surface area contributed by atoms with E-state index in [4.69, 9.17) is 5.11 Å². The standard InChI is InChI=1S/C17H18N2O5S2/c20-16(14-7-8-15(25-14)17(21)22)18-11-12-3-5-13(6-4-12)26(23,24)19-9-1-2-10-19/h3-8H,1-2,9-11H2,(H,18,20)(H,21,22). The number of sulfonamides is 1. The van der Waals surface area contributed by atoms with Crippen molar-refractivity contribution in [3.8, 4) is 0 Å². The Kier molecular flexibility index (Phi) is 5.40. The smallest absolute Gasteiger partial charge is 0.345 e. The van der Waals surface area contributed by atoms with E-state index in [1.807, 2.05) is 0 Å². The minimum Gasteiger partial charge on any atom is -0.477 e. The zero-order valence-electron chi connectivity index (χ0n) is 13.8. The van der Waals surface area contributed by atoms with Crippen LogP contribution in [-0.2, 0) is 16.6 Å². The van der Waals surface area contributed by atoms with Gasteiger partial charge in [0.1, 0.15) is 4.88 Å². The van der Waals surface area contributed by atoms with Gasteiger partial charge in [0.15, 0.2) is 0 Å². The largest absolute Gasteiger partial charge is 0.477 e. The van der Waals surface area contributed by atoms with Crippen LogP contribution in [0.15, 0.2) is 41.3 Å². The molecule has 1 aromatic carbocycles. The molecule has 26 heavy (non-hydrogen) atoms. The average molecular weight is 394 g/mol. The predicted octanol–water partition coefficient (Wildman–Crippen LogP) is 2.16. The highest BCUT2D eigenvalue weighted by atomic mass is 32.2. The maximum absolute atomic E-state index is 12.5. The molecule has 0 aliphatic carbocycles. The second-order valence-corrected chi connectivity index (χ2v) is 8.93. The third-order valence-corrected chi connectivity index (χ3v) is 7.10. The molecule has 1 aliphatic heterocycles. The zero-order chi connectivity index (χ0) is 18.7. The van der Waals surface area contributed by atoms with Gasteiger partial charge in [-0.05, 0) is 42.7 Å². The predicted molar refractivity (Wildman–Crippen MR) is 96.9 cm³/mol. The van der Waals surface area contributed by atoms with Crippen molar-refractivity contribution in [2.75, 3.05) is 13.1 Å². The first-order valence-corrected chi connectivity index (χ1v) is 10.3. The fourth-order valence-electron chi connectivity index (χ4n) is 2.70. The van der Waals surface area contributed by atoms with Crippen LogP contribution in [0.3, 0.4) is 0 Å². The van der Waals surface area contributed by atoms with E-state index in [1.165, 1.54) is 16.4 Å². The molecule has 0 saturated carbocycles. The Labute approximate surface area is 155 Å². The van der Waals surface area contributed by atoms with Crippen molar-refractivity contribution < 1.29 is 23.1 Å². The Hall–Kier alpha value is -2.23. The molecule has 1 fully saturated rings. The first-order chi connectivity index (χ1) is 12.4. The van der Waals surface area contributed by atoms with Gasteiger partial charge in [0.25, 0.3) is 5.91 Å². The Morgan fingerprint density at radius 3 is 2.23 bits per heavy atom. The number of nitrogens with zero attached hydrogens (tertiary/aromatic N) is 1. The van der Waals surface area contributed by atoms with Crippen LogP contribution in [0.4, 0.5) is 0 Å². The molecule has 0 atom stereocenters. The number of hydrogen-bond donors (Lipinski definition) is 2. The SMILES string of the molecule is O=C(O)c1ccc(C(=O)NCc2ccc(S(=O)(=O)N3CCCC3)cc2)s1. The van der Waals surface area contributed by atoms with Gasteiger partial charge in [-0.2, -0.15) is 4.31 Å². The van der Waals surface area contributed by atoms with E-state index in [1.54, 1.807) is 24.3 Å². The summed E-state index contributed by atoms with van der Waals surface area (Å²) in [5, 5.41) is 11.6. The number of thiophene rings is 1. The van der Waals surface area contributed by atoms with Crippen molar-refractivity contribution in [3.63, 3.8) is 0 Å². The molecule has 2 heterocycles. The molecular formula is C17H18N2O5S2. The van der Waals surface area contributed by atoms with Crippen molar-refractivity contribution >= 4 is 33.2 Å². The average Bonchev–Trinajstić information content (AvgIpc) is 3.31. The number of amides is 1. The summed E-state index contributed by atoms with van der Waals surface area (Å²) < 4.78 is 26.4. The highest BCUT2D eigenvalue weighted by molar-refractivity contribution is 7.89. The molecule has 1 amide bonds. The molecule has 2 aromatic rings. The topological polar surface area (TPSA) is 104 Å². The lowest BCUT2D eigenvalue weighted by molar-refractivity contribution is 0.0702. The molecule has 0 spiro atoms. The zero-order valence-corrected chi connectivity index (χ0v) is 15.5. The van der Waals surface area contributed by atoms with Gasteiger partial charge in [-0.15, -0.1) is 11.3 Å². The lowest BCUT2D eigenvalue weighted by Crippen LogP contribution is -2.27. The van der Waals surface area contributed by atoms with Gasteiger partial charge >= 0.3 is 5.97 Å². The van der Waals surface area contributed by atoms with Gasteiger partial charge in [0.05, 0.1) is 9.77 Å². The van der Waals surface area contributed by atoms with E-state index < -0.39 is 16.0 Å². The fourth-order valence-corrected chi connectivity index (χ4v) is 4.98.